The Labute approximate surface area is 78.9 Å². The molecule has 2 atom stereocenters. The van der Waals surface area contributed by atoms with E-state index in [1.165, 1.54) is 0 Å². The summed E-state index contributed by atoms with van der Waals surface area (Å²) < 4.78 is 10.8. The molecule has 0 aliphatic heterocycles. The van der Waals surface area contributed by atoms with E-state index >= 15 is 0 Å². The Morgan fingerprint density at radius 3 is 2.77 bits per heavy atom. The predicted octanol–water partition coefficient (Wildman–Crippen LogP) is 2.09. The minimum atomic E-state index is -0.106. The molecule has 0 saturated heterocycles. The summed E-state index contributed by atoms with van der Waals surface area (Å²) in [6.07, 6.45) is 2.42. The van der Waals surface area contributed by atoms with Gasteiger partial charge in [0.15, 0.2) is 0 Å². The SMILES string of the molecule is CCOC(c1ccco1)C(N)CC. The van der Waals surface area contributed by atoms with Gasteiger partial charge in [-0.05, 0) is 25.5 Å². The number of hydrogen-bond acceptors (Lipinski definition) is 3. The summed E-state index contributed by atoms with van der Waals surface area (Å²) in [5.74, 6) is 0.816. The smallest absolute Gasteiger partial charge is 0.134 e. The molecule has 2 N–H and O–H groups in total. The zero-order valence-electron chi connectivity index (χ0n) is 8.19. The van der Waals surface area contributed by atoms with Crippen LogP contribution >= 0.6 is 0 Å². The number of furan rings is 1. The molecule has 0 amide bonds. The van der Waals surface area contributed by atoms with Crippen molar-refractivity contribution in [3.05, 3.63) is 24.2 Å². The maximum atomic E-state index is 5.91. The van der Waals surface area contributed by atoms with Crippen molar-refractivity contribution >= 4 is 0 Å². The average molecular weight is 183 g/mol. The van der Waals surface area contributed by atoms with Crippen LogP contribution in [0.25, 0.3) is 0 Å². The zero-order valence-corrected chi connectivity index (χ0v) is 8.19. The minimum Gasteiger partial charge on any atom is -0.467 e. The van der Waals surface area contributed by atoms with Crippen LogP contribution in [-0.4, -0.2) is 12.6 Å². The lowest BCUT2D eigenvalue weighted by molar-refractivity contribution is 0.0272. The molecule has 1 aromatic heterocycles. The Hall–Kier alpha value is -0.800. The van der Waals surface area contributed by atoms with E-state index in [4.69, 9.17) is 14.9 Å². The minimum absolute atomic E-state index is 0.00565. The van der Waals surface area contributed by atoms with Crippen LogP contribution in [0.4, 0.5) is 0 Å². The van der Waals surface area contributed by atoms with Crippen molar-refractivity contribution in [2.75, 3.05) is 6.61 Å². The van der Waals surface area contributed by atoms with E-state index in [9.17, 15) is 0 Å². The second-order valence-electron chi connectivity index (χ2n) is 2.96. The van der Waals surface area contributed by atoms with Crippen LogP contribution in [0.5, 0.6) is 0 Å². The molecule has 0 spiro atoms. The summed E-state index contributed by atoms with van der Waals surface area (Å²) in [4.78, 5) is 0. The fourth-order valence-corrected chi connectivity index (χ4v) is 1.26. The first-order chi connectivity index (χ1) is 6.29. The molecule has 0 aromatic carbocycles. The molecule has 0 saturated carbocycles. The Kier molecular flexibility index (Phi) is 3.99. The van der Waals surface area contributed by atoms with Crippen LogP contribution in [0.3, 0.4) is 0 Å². The van der Waals surface area contributed by atoms with Crippen molar-refractivity contribution in [1.82, 2.24) is 0 Å². The third-order valence-electron chi connectivity index (χ3n) is 2.03. The van der Waals surface area contributed by atoms with E-state index in [1.54, 1.807) is 6.26 Å². The molecule has 0 aliphatic rings. The fourth-order valence-electron chi connectivity index (χ4n) is 1.26. The number of hydrogen-bond donors (Lipinski definition) is 1. The zero-order chi connectivity index (χ0) is 9.68. The van der Waals surface area contributed by atoms with Crippen molar-refractivity contribution in [1.29, 1.82) is 0 Å². The molecule has 1 heterocycles. The molecule has 0 fully saturated rings. The Bertz CT molecular complexity index is 221. The highest BCUT2D eigenvalue weighted by atomic mass is 16.5. The maximum Gasteiger partial charge on any atom is 0.134 e. The second-order valence-corrected chi connectivity index (χ2v) is 2.96. The molecule has 0 bridgehead atoms. The van der Waals surface area contributed by atoms with Gasteiger partial charge in [-0.15, -0.1) is 0 Å². The van der Waals surface area contributed by atoms with E-state index in [-0.39, 0.29) is 12.1 Å². The topological polar surface area (TPSA) is 48.4 Å². The lowest BCUT2D eigenvalue weighted by Crippen LogP contribution is -2.29. The lowest BCUT2D eigenvalue weighted by atomic mass is 10.1. The first-order valence-corrected chi connectivity index (χ1v) is 4.70. The first kappa shape index (κ1) is 10.3. The van der Waals surface area contributed by atoms with Gasteiger partial charge in [-0.25, -0.2) is 0 Å². The number of rotatable bonds is 5. The van der Waals surface area contributed by atoms with Crippen molar-refractivity contribution in [2.45, 2.75) is 32.4 Å². The van der Waals surface area contributed by atoms with Crippen LogP contribution < -0.4 is 5.73 Å². The summed E-state index contributed by atoms with van der Waals surface area (Å²) in [6.45, 7) is 4.65. The van der Waals surface area contributed by atoms with Gasteiger partial charge in [-0.1, -0.05) is 6.92 Å². The molecule has 0 radical (unpaired) electrons. The van der Waals surface area contributed by atoms with Gasteiger partial charge in [0, 0.05) is 12.6 Å². The van der Waals surface area contributed by atoms with Crippen LogP contribution in [0.1, 0.15) is 32.1 Å². The molecular weight excluding hydrogens is 166 g/mol. The molecule has 74 valence electrons. The third kappa shape index (κ3) is 2.57. The Morgan fingerprint density at radius 1 is 1.54 bits per heavy atom. The maximum absolute atomic E-state index is 5.91. The van der Waals surface area contributed by atoms with Gasteiger partial charge in [-0.2, -0.15) is 0 Å². The summed E-state index contributed by atoms with van der Waals surface area (Å²) >= 11 is 0. The number of nitrogens with two attached hydrogens (primary N) is 1. The van der Waals surface area contributed by atoms with Crippen molar-refractivity contribution < 1.29 is 9.15 Å². The van der Waals surface area contributed by atoms with Crippen molar-refractivity contribution in [3.63, 3.8) is 0 Å². The first-order valence-electron chi connectivity index (χ1n) is 4.70. The predicted molar refractivity (Wildman–Crippen MR) is 51.3 cm³/mol. The lowest BCUT2D eigenvalue weighted by Gasteiger charge is -2.20. The largest absolute Gasteiger partial charge is 0.467 e. The van der Waals surface area contributed by atoms with Crippen LogP contribution in [-0.2, 0) is 4.74 Å². The molecule has 1 rings (SSSR count). The molecule has 3 heteroatoms. The van der Waals surface area contributed by atoms with Crippen molar-refractivity contribution in [2.24, 2.45) is 5.73 Å². The Morgan fingerprint density at radius 2 is 2.31 bits per heavy atom. The van der Waals surface area contributed by atoms with E-state index in [0.29, 0.717) is 6.61 Å². The quantitative estimate of drug-likeness (QED) is 0.760. The molecule has 1 aromatic rings. The summed E-state index contributed by atoms with van der Waals surface area (Å²) in [5.41, 5.74) is 5.91. The van der Waals surface area contributed by atoms with E-state index in [0.717, 1.165) is 12.2 Å². The fraction of sp³-hybridized carbons (Fsp3) is 0.600. The van der Waals surface area contributed by atoms with E-state index in [1.807, 2.05) is 26.0 Å². The standard InChI is InChI=1S/C10H17NO2/c1-3-8(11)10(12-4-2)9-6-5-7-13-9/h5-8,10H,3-4,11H2,1-2H3. The molecule has 3 nitrogen and oxygen atoms in total. The van der Waals surface area contributed by atoms with Gasteiger partial charge in [-0.3, -0.25) is 0 Å². The van der Waals surface area contributed by atoms with Crippen LogP contribution in [0.2, 0.25) is 0 Å². The highest BCUT2D eigenvalue weighted by Gasteiger charge is 2.20. The van der Waals surface area contributed by atoms with Gasteiger partial charge >= 0.3 is 0 Å². The van der Waals surface area contributed by atoms with Gasteiger partial charge in [0.1, 0.15) is 11.9 Å². The molecule has 13 heavy (non-hydrogen) atoms. The van der Waals surface area contributed by atoms with E-state index in [2.05, 4.69) is 0 Å². The summed E-state index contributed by atoms with van der Waals surface area (Å²) in [7, 11) is 0. The molecule has 0 aliphatic carbocycles. The highest BCUT2D eigenvalue weighted by Crippen LogP contribution is 2.22. The normalized spacial score (nSPS) is 15.6. The Balaban J connectivity index is 2.68. The third-order valence-corrected chi connectivity index (χ3v) is 2.03. The van der Waals surface area contributed by atoms with Crippen LogP contribution in [0.15, 0.2) is 22.8 Å². The van der Waals surface area contributed by atoms with E-state index < -0.39 is 0 Å². The molecule has 2 unspecified atom stereocenters. The van der Waals surface area contributed by atoms with Gasteiger partial charge in [0.25, 0.3) is 0 Å². The summed E-state index contributed by atoms with van der Waals surface area (Å²) in [5, 5.41) is 0. The number of ether oxygens (including phenoxy) is 1. The van der Waals surface area contributed by atoms with Gasteiger partial charge in [0.05, 0.1) is 6.26 Å². The average Bonchev–Trinajstić information content (AvgIpc) is 2.65. The van der Waals surface area contributed by atoms with Crippen molar-refractivity contribution in [3.8, 4) is 0 Å². The highest BCUT2D eigenvalue weighted by molar-refractivity contribution is 5.04. The van der Waals surface area contributed by atoms with Crippen LogP contribution in [0, 0.1) is 0 Å². The van der Waals surface area contributed by atoms with Gasteiger partial charge < -0.3 is 14.9 Å². The monoisotopic (exact) mass is 183 g/mol. The summed E-state index contributed by atoms with van der Waals surface area (Å²) in [6, 6.07) is 3.76. The second kappa shape index (κ2) is 5.04. The van der Waals surface area contributed by atoms with Gasteiger partial charge in [0.2, 0.25) is 0 Å². The molecular formula is C10H17NO2.